The number of nitrogens with zero attached hydrogens (tertiary/aromatic N) is 2. The Bertz CT molecular complexity index is 1120. The first kappa shape index (κ1) is 20.4. The molecule has 1 heterocycles. The van der Waals surface area contributed by atoms with Crippen molar-refractivity contribution in [3.05, 3.63) is 86.8 Å². The maximum Gasteiger partial charge on any atom is 0.162 e. The largest absolute Gasteiger partial charge is 0.384 e. The summed E-state index contributed by atoms with van der Waals surface area (Å²) < 4.78 is 0.957. The van der Waals surface area contributed by atoms with Gasteiger partial charge in [0.1, 0.15) is 5.82 Å². The van der Waals surface area contributed by atoms with Gasteiger partial charge in [0.15, 0.2) is 5.78 Å². The van der Waals surface area contributed by atoms with Crippen molar-refractivity contribution < 1.29 is 4.79 Å². The molecule has 4 rings (SSSR count). The number of rotatable bonds is 2. The maximum absolute atomic E-state index is 13.4. The van der Waals surface area contributed by atoms with Gasteiger partial charge in [-0.05, 0) is 48.6 Å². The third kappa shape index (κ3) is 3.46. The molecule has 2 aromatic rings. The number of hydrogen-bond donors (Lipinski definition) is 1. The third-order valence-electron chi connectivity index (χ3n) is 5.88. The topological polar surface area (TPSA) is 70.1 Å². The van der Waals surface area contributed by atoms with Crippen LogP contribution in [0.3, 0.4) is 0 Å². The number of carbonyl (C=O) groups excluding carboxylic acids is 1. The molecule has 2 aliphatic rings. The Morgan fingerprint density at radius 1 is 1.10 bits per heavy atom. The van der Waals surface area contributed by atoms with E-state index < -0.39 is 5.92 Å². The van der Waals surface area contributed by atoms with Crippen LogP contribution in [-0.4, -0.2) is 5.78 Å². The lowest BCUT2D eigenvalue weighted by Gasteiger charge is -2.43. The number of benzene rings is 2. The number of aryl methyl sites for hydroxylation is 1. The molecule has 0 saturated carbocycles. The van der Waals surface area contributed by atoms with Crippen LogP contribution in [-0.2, 0) is 4.79 Å². The number of ketones is 1. The predicted octanol–water partition coefficient (Wildman–Crippen LogP) is 5.70. The monoisotopic (exact) mass is 461 g/mol. The van der Waals surface area contributed by atoms with E-state index in [0.717, 1.165) is 27.0 Å². The number of carbonyl (C=O) groups is 1. The number of halogens is 1. The number of Topliss-reactive ketones (excluding diaryl/α,β-unsaturated/α-hetero) is 1. The van der Waals surface area contributed by atoms with Crippen LogP contribution in [0, 0.1) is 23.7 Å². The fraction of sp³-hybridized carbons (Fsp3) is 0.280. The zero-order chi connectivity index (χ0) is 21.6. The number of anilines is 1. The van der Waals surface area contributed by atoms with Crippen molar-refractivity contribution in [1.29, 1.82) is 5.26 Å². The highest BCUT2D eigenvalue weighted by atomic mass is 79.9. The Kier molecular flexibility index (Phi) is 5.07. The van der Waals surface area contributed by atoms with Crippen LogP contribution in [0.4, 0.5) is 5.69 Å². The van der Waals surface area contributed by atoms with E-state index in [-0.39, 0.29) is 11.2 Å². The van der Waals surface area contributed by atoms with E-state index in [4.69, 9.17) is 5.73 Å². The Labute approximate surface area is 185 Å². The molecule has 1 aliphatic heterocycles. The molecule has 1 atom stereocenters. The standard InChI is InChI=1S/C25H24BrN3O/c1-15-4-6-16(7-5-15)22-19(14-27)24(28)29(18-10-8-17(26)9-11-18)20-12-25(2,3)13-21(30)23(20)22/h4-11,22H,12-13,28H2,1-3H3. The summed E-state index contributed by atoms with van der Waals surface area (Å²) >= 11 is 3.47. The van der Waals surface area contributed by atoms with Crippen LogP contribution < -0.4 is 10.6 Å². The highest BCUT2D eigenvalue weighted by Gasteiger charge is 2.44. The van der Waals surface area contributed by atoms with Gasteiger partial charge < -0.3 is 5.73 Å². The van der Waals surface area contributed by atoms with Crippen LogP contribution in [0.2, 0.25) is 0 Å². The number of hydrogen-bond acceptors (Lipinski definition) is 4. The molecule has 0 saturated heterocycles. The fourth-order valence-electron chi connectivity index (χ4n) is 4.49. The SMILES string of the molecule is Cc1ccc(C2C(C#N)=C(N)N(c3ccc(Br)cc3)C3=C2C(=O)CC(C)(C)C3)cc1. The second-order valence-corrected chi connectivity index (χ2v) is 9.78. The quantitative estimate of drug-likeness (QED) is 0.622. The number of allylic oxidation sites excluding steroid dienone is 3. The van der Waals surface area contributed by atoms with E-state index in [9.17, 15) is 10.1 Å². The van der Waals surface area contributed by atoms with Crippen LogP contribution in [0.15, 0.2) is 75.7 Å². The minimum absolute atomic E-state index is 0.0918. The zero-order valence-electron chi connectivity index (χ0n) is 17.4. The van der Waals surface area contributed by atoms with Crippen molar-refractivity contribution >= 4 is 27.4 Å². The van der Waals surface area contributed by atoms with Gasteiger partial charge in [0.05, 0.1) is 17.6 Å². The van der Waals surface area contributed by atoms with E-state index in [2.05, 4.69) is 35.8 Å². The molecule has 4 nitrogen and oxygen atoms in total. The van der Waals surface area contributed by atoms with Crippen molar-refractivity contribution in [2.45, 2.75) is 39.5 Å². The Morgan fingerprint density at radius 2 is 1.73 bits per heavy atom. The van der Waals surface area contributed by atoms with Gasteiger partial charge in [-0.1, -0.05) is 59.6 Å². The summed E-state index contributed by atoms with van der Waals surface area (Å²) in [7, 11) is 0. The lowest BCUT2D eigenvalue weighted by atomic mass is 9.68. The van der Waals surface area contributed by atoms with Crippen LogP contribution >= 0.6 is 15.9 Å². The molecule has 30 heavy (non-hydrogen) atoms. The van der Waals surface area contributed by atoms with Crippen molar-refractivity contribution in [2.75, 3.05) is 4.90 Å². The Hall–Kier alpha value is -2.84. The molecular formula is C25H24BrN3O. The molecule has 0 bridgehead atoms. The highest BCUT2D eigenvalue weighted by Crippen LogP contribution is 2.50. The maximum atomic E-state index is 13.4. The summed E-state index contributed by atoms with van der Waals surface area (Å²) in [5, 5.41) is 10.1. The molecular weight excluding hydrogens is 438 g/mol. The summed E-state index contributed by atoms with van der Waals surface area (Å²) in [6.07, 6.45) is 1.17. The highest BCUT2D eigenvalue weighted by molar-refractivity contribution is 9.10. The van der Waals surface area contributed by atoms with Crippen molar-refractivity contribution in [3.8, 4) is 6.07 Å². The molecule has 2 N–H and O–H groups in total. The summed E-state index contributed by atoms with van der Waals surface area (Å²) in [6.45, 7) is 6.23. The molecule has 5 heteroatoms. The molecule has 0 fully saturated rings. The minimum Gasteiger partial charge on any atom is -0.384 e. The van der Waals surface area contributed by atoms with Gasteiger partial charge in [-0.15, -0.1) is 0 Å². The molecule has 0 amide bonds. The van der Waals surface area contributed by atoms with E-state index in [1.54, 1.807) is 0 Å². The van der Waals surface area contributed by atoms with Gasteiger partial charge >= 0.3 is 0 Å². The van der Waals surface area contributed by atoms with Gasteiger partial charge in [-0.25, -0.2) is 0 Å². The second-order valence-electron chi connectivity index (χ2n) is 8.87. The lowest BCUT2D eigenvalue weighted by molar-refractivity contribution is -0.118. The molecule has 1 unspecified atom stereocenters. The summed E-state index contributed by atoms with van der Waals surface area (Å²) in [5.41, 5.74) is 11.4. The van der Waals surface area contributed by atoms with Gasteiger partial charge in [-0.2, -0.15) is 5.26 Å². The first-order valence-electron chi connectivity index (χ1n) is 10.00. The molecule has 1 aliphatic carbocycles. The van der Waals surface area contributed by atoms with E-state index in [1.807, 2.05) is 60.4 Å². The van der Waals surface area contributed by atoms with Crippen molar-refractivity contribution in [3.63, 3.8) is 0 Å². The van der Waals surface area contributed by atoms with Crippen LogP contribution in [0.25, 0.3) is 0 Å². The van der Waals surface area contributed by atoms with Crippen molar-refractivity contribution in [1.82, 2.24) is 0 Å². The fourth-order valence-corrected chi connectivity index (χ4v) is 4.75. The van der Waals surface area contributed by atoms with E-state index in [1.165, 1.54) is 0 Å². The van der Waals surface area contributed by atoms with Gasteiger partial charge in [-0.3, -0.25) is 9.69 Å². The smallest absolute Gasteiger partial charge is 0.162 e. The molecule has 152 valence electrons. The minimum atomic E-state index is -0.430. The Morgan fingerprint density at radius 3 is 2.33 bits per heavy atom. The van der Waals surface area contributed by atoms with Crippen molar-refractivity contribution in [2.24, 2.45) is 11.1 Å². The average molecular weight is 462 g/mol. The van der Waals surface area contributed by atoms with Gasteiger partial charge in [0, 0.05) is 27.9 Å². The lowest BCUT2D eigenvalue weighted by Crippen LogP contribution is -2.42. The number of nitriles is 1. The Balaban J connectivity index is 1.98. The average Bonchev–Trinajstić information content (AvgIpc) is 2.68. The summed E-state index contributed by atoms with van der Waals surface area (Å²) in [5.74, 6) is 0.0599. The van der Waals surface area contributed by atoms with Crippen LogP contribution in [0.1, 0.15) is 43.7 Å². The predicted molar refractivity (Wildman–Crippen MR) is 122 cm³/mol. The second kappa shape index (κ2) is 7.45. The van der Waals surface area contributed by atoms with E-state index >= 15 is 0 Å². The van der Waals surface area contributed by atoms with Gasteiger partial charge in [0.25, 0.3) is 0 Å². The normalized spacial score (nSPS) is 20.8. The number of nitrogens with two attached hydrogens (primary N) is 1. The first-order chi connectivity index (χ1) is 14.2. The van der Waals surface area contributed by atoms with Gasteiger partial charge in [0.2, 0.25) is 0 Å². The summed E-state index contributed by atoms with van der Waals surface area (Å²) in [6, 6.07) is 18.1. The van der Waals surface area contributed by atoms with E-state index in [0.29, 0.717) is 29.8 Å². The molecule has 0 spiro atoms. The third-order valence-corrected chi connectivity index (χ3v) is 6.41. The molecule has 0 radical (unpaired) electrons. The molecule has 0 aromatic heterocycles. The first-order valence-corrected chi connectivity index (χ1v) is 10.8. The summed E-state index contributed by atoms with van der Waals surface area (Å²) in [4.78, 5) is 15.3. The van der Waals surface area contributed by atoms with Crippen LogP contribution in [0.5, 0.6) is 0 Å². The molecule has 2 aromatic carbocycles. The zero-order valence-corrected chi connectivity index (χ0v) is 19.0.